The van der Waals surface area contributed by atoms with Crippen LogP contribution in [0.4, 0.5) is 9.52 Å². The minimum absolute atomic E-state index is 0.150. The van der Waals surface area contributed by atoms with Crippen molar-refractivity contribution < 1.29 is 14.0 Å². The lowest BCUT2D eigenvalue weighted by Crippen LogP contribution is -2.25. The second-order valence-electron chi connectivity index (χ2n) is 6.67. The number of nitrogens with one attached hydrogen (secondary N) is 2. The van der Waals surface area contributed by atoms with Gasteiger partial charge in [0.05, 0.1) is 0 Å². The van der Waals surface area contributed by atoms with Crippen LogP contribution >= 0.6 is 11.3 Å². The van der Waals surface area contributed by atoms with Crippen molar-refractivity contribution in [1.29, 1.82) is 0 Å². The van der Waals surface area contributed by atoms with Gasteiger partial charge in [-0.25, -0.2) is 9.37 Å². The second kappa shape index (κ2) is 9.93. The molecule has 0 aliphatic heterocycles. The van der Waals surface area contributed by atoms with Crippen molar-refractivity contribution in [2.75, 3.05) is 11.9 Å². The molecule has 3 rings (SSSR count). The summed E-state index contributed by atoms with van der Waals surface area (Å²) in [7, 11) is 0. The molecule has 0 aliphatic carbocycles. The lowest BCUT2D eigenvalue weighted by atomic mass is 10.1. The number of amides is 2. The van der Waals surface area contributed by atoms with Crippen molar-refractivity contribution in [2.24, 2.45) is 0 Å². The van der Waals surface area contributed by atoms with E-state index in [1.165, 1.54) is 17.4 Å². The maximum atomic E-state index is 13.7. The van der Waals surface area contributed by atoms with Gasteiger partial charge in [0.2, 0.25) is 5.91 Å². The summed E-state index contributed by atoms with van der Waals surface area (Å²) >= 11 is 1.37. The van der Waals surface area contributed by atoms with Gasteiger partial charge in [-0.2, -0.15) is 0 Å². The Balaban J connectivity index is 1.40. The molecule has 1 aromatic heterocycles. The number of anilines is 1. The first-order valence-corrected chi connectivity index (χ1v) is 10.2. The Morgan fingerprint density at radius 2 is 1.93 bits per heavy atom. The summed E-state index contributed by atoms with van der Waals surface area (Å²) in [5.74, 6) is -0.524. The van der Waals surface area contributed by atoms with Gasteiger partial charge in [0.15, 0.2) is 5.13 Å². The van der Waals surface area contributed by atoms with E-state index < -0.39 is 0 Å². The van der Waals surface area contributed by atoms with Crippen molar-refractivity contribution in [3.05, 3.63) is 82.1 Å². The fourth-order valence-corrected chi connectivity index (χ4v) is 3.58. The molecule has 2 N–H and O–H groups in total. The van der Waals surface area contributed by atoms with Gasteiger partial charge in [-0.1, -0.05) is 30.3 Å². The highest BCUT2D eigenvalue weighted by Crippen LogP contribution is 2.22. The number of carbonyl (C=O) groups excluding carboxylic acids is 2. The first-order valence-electron chi connectivity index (χ1n) is 9.34. The molecular weight excluding hydrogens is 389 g/mol. The number of hydrogen-bond donors (Lipinski definition) is 2. The molecule has 2 aromatic carbocycles. The largest absolute Gasteiger partial charge is 0.352 e. The quantitative estimate of drug-likeness (QED) is 0.542. The SMILES string of the molecule is Cc1ccc(Cc2cnc(NC(=O)CCCNC(=O)c3ccccc3)s2)cc1F. The van der Waals surface area contributed by atoms with Gasteiger partial charge in [0, 0.05) is 36.0 Å². The maximum absolute atomic E-state index is 13.7. The number of halogens is 1. The Hall–Kier alpha value is -3.06. The van der Waals surface area contributed by atoms with E-state index in [2.05, 4.69) is 15.6 Å². The standard InChI is InChI=1S/C22H22FN3O2S/c1-15-9-10-16(13-19(15)23)12-18-14-25-22(29-18)26-20(27)8-5-11-24-21(28)17-6-3-2-4-7-17/h2-4,6-7,9-10,13-14H,5,8,11-12H2,1H3,(H,24,28)(H,25,26,27). The number of benzene rings is 2. The Morgan fingerprint density at radius 3 is 2.69 bits per heavy atom. The molecule has 0 aliphatic rings. The van der Waals surface area contributed by atoms with Gasteiger partial charge >= 0.3 is 0 Å². The van der Waals surface area contributed by atoms with Crippen molar-refractivity contribution >= 4 is 28.3 Å². The predicted molar refractivity (Wildman–Crippen MR) is 113 cm³/mol. The molecule has 0 spiro atoms. The average molecular weight is 412 g/mol. The number of hydrogen-bond acceptors (Lipinski definition) is 4. The number of aryl methyl sites for hydroxylation is 1. The number of carbonyl (C=O) groups is 2. The van der Waals surface area contributed by atoms with E-state index in [0.29, 0.717) is 35.6 Å². The van der Waals surface area contributed by atoms with Gasteiger partial charge in [-0.3, -0.25) is 9.59 Å². The lowest BCUT2D eigenvalue weighted by molar-refractivity contribution is -0.116. The third kappa shape index (κ3) is 6.22. The van der Waals surface area contributed by atoms with Crippen molar-refractivity contribution in [3.8, 4) is 0 Å². The average Bonchev–Trinajstić information content (AvgIpc) is 3.15. The van der Waals surface area contributed by atoms with Crippen LogP contribution in [0.1, 0.15) is 39.2 Å². The van der Waals surface area contributed by atoms with Crippen LogP contribution in [0.25, 0.3) is 0 Å². The van der Waals surface area contributed by atoms with Crippen molar-refractivity contribution in [1.82, 2.24) is 10.3 Å². The van der Waals surface area contributed by atoms with E-state index in [9.17, 15) is 14.0 Å². The molecule has 0 saturated heterocycles. The van der Waals surface area contributed by atoms with Crippen LogP contribution < -0.4 is 10.6 Å². The fourth-order valence-electron chi connectivity index (χ4n) is 2.72. The highest BCUT2D eigenvalue weighted by Gasteiger charge is 2.09. The molecule has 7 heteroatoms. The van der Waals surface area contributed by atoms with E-state index in [0.717, 1.165) is 10.4 Å². The van der Waals surface area contributed by atoms with Gasteiger partial charge in [-0.05, 0) is 42.7 Å². The molecule has 0 fully saturated rings. The molecule has 0 radical (unpaired) electrons. The summed E-state index contributed by atoms with van der Waals surface area (Å²) in [5, 5.41) is 6.08. The summed E-state index contributed by atoms with van der Waals surface area (Å²) in [6.07, 6.45) is 3.08. The molecular formula is C22H22FN3O2S. The molecule has 5 nitrogen and oxygen atoms in total. The monoisotopic (exact) mass is 411 g/mol. The normalized spacial score (nSPS) is 10.6. The van der Waals surface area contributed by atoms with E-state index in [-0.39, 0.29) is 24.1 Å². The van der Waals surface area contributed by atoms with Crippen LogP contribution in [0.2, 0.25) is 0 Å². The number of nitrogens with zero attached hydrogens (tertiary/aromatic N) is 1. The van der Waals surface area contributed by atoms with Crippen LogP contribution in [-0.4, -0.2) is 23.3 Å². The molecule has 0 saturated carbocycles. The minimum atomic E-state index is -0.222. The summed E-state index contributed by atoms with van der Waals surface area (Å²) < 4.78 is 13.7. The number of aromatic nitrogens is 1. The van der Waals surface area contributed by atoms with E-state index in [4.69, 9.17) is 0 Å². The Morgan fingerprint density at radius 1 is 1.14 bits per heavy atom. The molecule has 29 heavy (non-hydrogen) atoms. The van der Waals surface area contributed by atoms with Crippen LogP contribution in [0.15, 0.2) is 54.7 Å². The van der Waals surface area contributed by atoms with E-state index >= 15 is 0 Å². The van der Waals surface area contributed by atoms with E-state index in [1.807, 2.05) is 12.1 Å². The predicted octanol–water partition coefficient (Wildman–Crippen LogP) is 4.33. The third-order valence-corrected chi connectivity index (χ3v) is 5.23. The highest BCUT2D eigenvalue weighted by atomic mass is 32.1. The first-order chi connectivity index (χ1) is 14.0. The Bertz CT molecular complexity index is 989. The van der Waals surface area contributed by atoms with E-state index in [1.54, 1.807) is 43.5 Å². The molecule has 0 bridgehead atoms. The van der Waals surface area contributed by atoms with Crippen LogP contribution in [0, 0.1) is 12.7 Å². The Kier molecular flexibility index (Phi) is 7.08. The van der Waals surface area contributed by atoms with Crippen molar-refractivity contribution in [2.45, 2.75) is 26.2 Å². The highest BCUT2D eigenvalue weighted by molar-refractivity contribution is 7.15. The number of thiazole rings is 1. The van der Waals surface area contributed by atoms with Crippen LogP contribution in [0.5, 0.6) is 0 Å². The molecule has 0 atom stereocenters. The molecule has 2 amide bonds. The second-order valence-corrected chi connectivity index (χ2v) is 7.78. The topological polar surface area (TPSA) is 71.1 Å². The molecule has 3 aromatic rings. The van der Waals surface area contributed by atoms with Gasteiger partial charge in [0.1, 0.15) is 5.82 Å². The summed E-state index contributed by atoms with van der Waals surface area (Å²) in [4.78, 5) is 29.2. The smallest absolute Gasteiger partial charge is 0.251 e. The zero-order valence-electron chi connectivity index (χ0n) is 16.1. The van der Waals surface area contributed by atoms with Gasteiger partial charge in [-0.15, -0.1) is 11.3 Å². The lowest BCUT2D eigenvalue weighted by Gasteiger charge is -2.05. The molecule has 150 valence electrons. The third-order valence-electron chi connectivity index (χ3n) is 4.32. The Labute approximate surface area is 173 Å². The fraction of sp³-hybridized carbons (Fsp3) is 0.227. The van der Waals surface area contributed by atoms with Crippen LogP contribution in [-0.2, 0) is 11.2 Å². The summed E-state index contributed by atoms with van der Waals surface area (Å²) in [6, 6.07) is 14.1. The van der Waals surface area contributed by atoms with Crippen LogP contribution in [0.3, 0.4) is 0 Å². The molecule has 0 unspecified atom stereocenters. The minimum Gasteiger partial charge on any atom is -0.352 e. The zero-order valence-corrected chi connectivity index (χ0v) is 16.9. The first kappa shape index (κ1) is 20.7. The van der Waals surface area contributed by atoms with Gasteiger partial charge in [0.25, 0.3) is 5.91 Å². The number of rotatable bonds is 8. The molecule has 1 heterocycles. The summed E-state index contributed by atoms with van der Waals surface area (Å²) in [6.45, 7) is 2.15. The zero-order chi connectivity index (χ0) is 20.6. The van der Waals surface area contributed by atoms with Crippen molar-refractivity contribution in [3.63, 3.8) is 0 Å². The maximum Gasteiger partial charge on any atom is 0.251 e. The van der Waals surface area contributed by atoms with Gasteiger partial charge < -0.3 is 10.6 Å². The summed E-state index contributed by atoms with van der Waals surface area (Å²) in [5.41, 5.74) is 2.08.